The molecule has 1 saturated carbocycles. The van der Waals surface area contributed by atoms with Crippen LogP contribution in [0.5, 0.6) is 0 Å². The summed E-state index contributed by atoms with van der Waals surface area (Å²) >= 11 is 0. The Morgan fingerprint density at radius 3 is 2.16 bits per heavy atom. The quantitative estimate of drug-likeness (QED) is 0.344. The molecule has 38 heavy (non-hydrogen) atoms. The first-order valence-corrected chi connectivity index (χ1v) is 13.8. The van der Waals surface area contributed by atoms with Crippen LogP contribution in [0.25, 0.3) is 10.9 Å². The summed E-state index contributed by atoms with van der Waals surface area (Å²) in [4.78, 5) is 24.0. The minimum atomic E-state index is -0.345. The molecule has 1 amide bonds. The fraction of sp³-hybridized carbons (Fsp3) is 0.333. The highest BCUT2D eigenvalue weighted by atomic mass is 16.3. The number of aromatic nitrogens is 1. The van der Waals surface area contributed by atoms with Crippen LogP contribution in [0.2, 0.25) is 0 Å². The maximum absolute atomic E-state index is 14.4. The molecule has 0 bridgehead atoms. The Hall–Kier alpha value is -3.70. The monoisotopic (exact) mass is 505 g/mol. The molecule has 1 aliphatic carbocycles. The Balaban J connectivity index is 1.40. The van der Waals surface area contributed by atoms with Crippen molar-refractivity contribution >= 4 is 22.6 Å². The van der Waals surface area contributed by atoms with Crippen LogP contribution in [0.1, 0.15) is 53.9 Å². The van der Waals surface area contributed by atoms with E-state index in [9.17, 15) is 9.90 Å². The van der Waals surface area contributed by atoms with Gasteiger partial charge in [-0.05, 0) is 55.4 Å². The molecule has 1 aliphatic heterocycles. The van der Waals surface area contributed by atoms with E-state index in [1.807, 2.05) is 36.4 Å². The highest BCUT2D eigenvalue weighted by Crippen LogP contribution is 2.37. The van der Waals surface area contributed by atoms with Crippen LogP contribution in [0.4, 0.5) is 5.82 Å². The van der Waals surface area contributed by atoms with Gasteiger partial charge < -0.3 is 14.9 Å². The first-order valence-electron chi connectivity index (χ1n) is 13.8. The Morgan fingerprint density at radius 2 is 1.55 bits per heavy atom. The van der Waals surface area contributed by atoms with E-state index in [0.29, 0.717) is 6.54 Å². The number of anilines is 1. The summed E-state index contributed by atoms with van der Waals surface area (Å²) in [6.45, 7) is 4.17. The van der Waals surface area contributed by atoms with Crippen LogP contribution in [-0.2, 0) is 11.3 Å². The smallest absolute Gasteiger partial charge is 0.235 e. The van der Waals surface area contributed by atoms with Crippen LogP contribution in [-0.4, -0.2) is 46.1 Å². The third kappa shape index (κ3) is 5.03. The molecule has 1 aromatic heterocycles. The normalized spacial score (nSPS) is 16.2. The minimum Gasteiger partial charge on any atom is -0.393 e. The second-order valence-corrected chi connectivity index (χ2v) is 10.8. The number of hydrogen-bond acceptors (Lipinski definition) is 4. The van der Waals surface area contributed by atoms with E-state index in [1.54, 1.807) is 0 Å². The number of aryl methyl sites for hydroxylation is 1. The number of hydrogen-bond donors (Lipinski definition) is 1. The minimum absolute atomic E-state index is 0.147. The highest BCUT2D eigenvalue weighted by molar-refractivity contribution is 5.88. The number of fused-ring (bicyclic) bond motifs is 1. The predicted octanol–water partition coefficient (Wildman–Crippen LogP) is 5.83. The number of amides is 1. The first-order chi connectivity index (χ1) is 18.6. The average molecular weight is 506 g/mol. The van der Waals surface area contributed by atoms with Crippen LogP contribution >= 0.6 is 0 Å². The van der Waals surface area contributed by atoms with Gasteiger partial charge in [-0.25, -0.2) is 4.98 Å². The van der Waals surface area contributed by atoms with Crippen LogP contribution in [0.3, 0.4) is 0 Å². The van der Waals surface area contributed by atoms with Gasteiger partial charge in [0.1, 0.15) is 5.82 Å². The maximum atomic E-state index is 14.4. The number of nitrogens with zero attached hydrogens (tertiary/aromatic N) is 3. The number of carbonyl (C=O) groups excluding carboxylic acids is 1. The van der Waals surface area contributed by atoms with Gasteiger partial charge in [-0.3, -0.25) is 4.79 Å². The van der Waals surface area contributed by atoms with Crippen LogP contribution in [0, 0.1) is 6.92 Å². The van der Waals surface area contributed by atoms with Crippen LogP contribution < -0.4 is 4.90 Å². The molecule has 3 aromatic carbocycles. The molecule has 1 saturated heterocycles. The van der Waals surface area contributed by atoms with Crippen LogP contribution in [0.15, 0.2) is 84.9 Å². The van der Waals surface area contributed by atoms with Crippen molar-refractivity contribution in [2.45, 2.75) is 57.2 Å². The van der Waals surface area contributed by atoms with Gasteiger partial charge in [-0.2, -0.15) is 0 Å². The van der Waals surface area contributed by atoms with Gasteiger partial charge in [0.15, 0.2) is 0 Å². The molecule has 0 atom stereocenters. The van der Waals surface area contributed by atoms with E-state index in [0.717, 1.165) is 77.7 Å². The summed E-state index contributed by atoms with van der Waals surface area (Å²) in [5.74, 6) is 0.754. The van der Waals surface area contributed by atoms with Gasteiger partial charge in [0, 0.05) is 36.6 Å². The molecule has 2 heterocycles. The molecular weight excluding hydrogens is 470 g/mol. The summed E-state index contributed by atoms with van der Waals surface area (Å²) < 4.78 is 0. The van der Waals surface area contributed by atoms with E-state index in [-0.39, 0.29) is 24.0 Å². The zero-order valence-corrected chi connectivity index (χ0v) is 22.0. The standard InChI is InChI=1S/C33H35N3O2/c1-23-9-8-14-26-21-27(32(34-31(23)26)35-19-17-29(37)18-20-35)22-36(28-15-16-28)33(38)30(24-10-4-2-5-11-24)25-12-6-3-7-13-25/h2-14,21,28-30,37H,15-20,22H2,1H3. The zero-order chi connectivity index (χ0) is 26.1. The molecule has 2 fully saturated rings. The molecule has 4 aromatic rings. The van der Waals surface area contributed by atoms with Gasteiger partial charge >= 0.3 is 0 Å². The lowest BCUT2D eigenvalue weighted by molar-refractivity contribution is -0.133. The van der Waals surface area contributed by atoms with Crippen molar-refractivity contribution in [2.75, 3.05) is 18.0 Å². The number of aliphatic hydroxyl groups is 1. The number of piperidine rings is 1. The van der Waals surface area contributed by atoms with Gasteiger partial charge in [0.05, 0.1) is 17.5 Å². The van der Waals surface area contributed by atoms with Crippen molar-refractivity contribution in [3.05, 3.63) is 107 Å². The van der Waals surface area contributed by atoms with Crippen molar-refractivity contribution in [1.29, 1.82) is 0 Å². The van der Waals surface area contributed by atoms with E-state index < -0.39 is 0 Å². The Morgan fingerprint density at radius 1 is 0.921 bits per heavy atom. The lowest BCUT2D eigenvalue weighted by Crippen LogP contribution is -2.39. The summed E-state index contributed by atoms with van der Waals surface area (Å²) in [7, 11) is 0. The molecule has 194 valence electrons. The van der Waals surface area contributed by atoms with E-state index in [1.165, 1.54) is 0 Å². The number of para-hydroxylation sites is 1. The van der Waals surface area contributed by atoms with E-state index >= 15 is 0 Å². The first kappa shape index (κ1) is 24.6. The second-order valence-electron chi connectivity index (χ2n) is 10.8. The number of carbonyl (C=O) groups is 1. The zero-order valence-electron chi connectivity index (χ0n) is 22.0. The number of rotatable bonds is 7. The third-order valence-electron chi connectivity index (χ3n) is 7.99. The van der Waals surface area contributed by atoms with Crippen molar-refractivity contribution < 1.29 is 9.90 Å². The Kier molecular flexibility index (Phi) is 6.86. The lowest BCUT2D eigenvalue weighted by Gasteiger charge is -2.34. The molecule has 5 nitrogen and oxygen atoms in total. The van der Waals surface area contributed by atoms with E-state index in [4.69, 9.17) is 4.98 Å². The van der Waals surface area contributed by atoms with Crippen molar-refractivity contribution in [3.63, 3.8) is 0 Å². The van der Waals surface area contributed by atoms with Gasteiger partial charge in [0.25, 0.3) is 0 Å². The molecule has 0 radical (unpaired) electrons. The highest BCUT2D eigenvalue weighted by Gasteiger charge is 2.38. The molecular formula is C33H35N3O2. The van der Waals surface area contributed by atoms with Crippen molar-refractivity contribution in [3.8, 4) is 0 Å². The molecule has 0 spiro atoms. The number of pyridine rings is 1. The molecule has 1 N–H and O–H groups in total. The van der Waals surface area contributed by atoms with E-state index in [2.05, 4.69) is 65.3 Å². The van der Waals surface area contributed by atoms with Crippen molar-refractivity contribution in [1.82, 2.24) is 9.88 Å². The fourth-order valence-electron chi connectivity index (χ4n) is 5.74. The predicted molar refractivity (Wildman–Crippen MR) is 152 cm³/mol. The molecule has 0 unspecified atom stereocenters. The molecule has 2 aliphatic rings. The Labute approximate surface area is 224 Å². The molecule has 6 rings (SSSR count). The topological polar surface area (TPSA) is 56.7 Å². The fourth-order valence-corrected chi connectivity index (χ4v) is 5.74. The summed E-state index contributed by atoms with van der Waals surface area (Å²) in [5, 5.41) is 11.2. The summed E-state index contributed by atoms with van der Waals surface area (Å²) in [6, 6.07) is 29.1. The largest absolute Gasteiger partial charge is 0.393 e. The lowest BCUT2D eigenvalue weighted by atomic mass is 9.89. The SMILES string of the molecule is Cc1cccc2cc(CN(C(=O)C(c3ccccc3)c3ccccc3)C3CC3)c(N3CCC(O)CC3)nc12. The number of aliphatic hydroxyl groups excluding tert-OH is 1. The summed E-state index contributed by atoms with van der Waals surface area (Å²) in [6.07, 6.45) is 3.30. The average Bonchev–Trinajstić information content (AvgIpc) is 3.79. The van der Waals surface area contributed by atoms with Gasteiger partial charge in [0.2, 0.25) is 5.91 Å². The maximum Gasteiger partial charge on any atom is 0.235 e. The summed E-state index contributed by atoms with van der Waals surface area (Å²) in [5.41, 5.74) is 5.28. The second kappa shape index (κ2) is 10.6. The third-order valence-corrected chi connectivity index (χ3v) is 7.99. The van der Waals surface area contributed by atoms with Gasteiger partial charge in [-0.15, -0.1) is 0 Å². The number of benzene rings is 3. The van der Waals surface area contributed by atoms with Crippen molar-refractivity contribution in [2.24, 2.45) is 0 Å². The van der Waals surface area contributed by atoms with Gasteiger partial charge in [-0.1, -0.05) is 78.9 Å². The molecule has 5 heteroatoms. The Bertz CT molecular complexity index is 1370.